The third kappa shape index (κ3) is 1.70. The Morgan fingerprint density at radius 3 is 2.25 bits per heavy atom. The van der Waals surface area contributed by atoms with Gasteiger partial charge in [0.1, 0.15) is 5.54 Å². The number of carbonyl (C=O) groups is 1. The van der Waals surface area contributed by atoms with Crippen LogP contribution < -0.4 is 5.32 Å². The zero-order chi connectivity index (χ0) is 13.7. The van der Waals surface area contributed by atoms with Crippen molar-refractivity contribution in [3.63, 3.8) is 0 Å². The molecule has 4 aliphatic carbocycles. The first kappa shape index (κ1) is 13.1. The predicted octanol–water partition coefficient (Wildman–Crippen LogP) is 1.56. The van der Waals surface area contributed by atoms with E-state index in [-0.39, 0.29) is 0 Å². The smallest absolute Gasteiger partial charge is 0.324 e. The van der Waals surface area contributed by atoms with Crippen molar-refractivity contribution in [1.29, 1.82) is 0 Å². The largest absolute Gasteiger partial charge is 0.480 e. The summed E-state index contributed by atoms with van der Waals surface area (Å²) < 4.78 is 0. The summed E-state index contributed by atoms with van der Waals surface area (Å²) in [5.41, 5.74) is -0.528. The van der Waals surface area contributed by atoms with Gasteiger partial charge in [0.2, 0.25) is 0 Å². The maximum Gasteiger partial charge on any atom is 0.324 e. The van der Waals surface area contributed by atoms with Crippen LogP contribution in [0.2, 0.25) is 0 Å². The van der Waals surface area contributed by atoms with Crippen LogP contribution in [0.3, 0.4) is 0 Å². The molecule has 20 heavy (non-hydrogen) atoms. The molecule has 5 fully saturated rings. The number of aliphatic carboxylic acids is 1. The van der Waals surface area contributed by atoms with Crippen LogP contribution in [0.5, 0.6) is 0 Å². The Balaban J connectivity index is 1.71. The van der Waals surface area contributed by atoms with Crippen molar-refractivity contribution in [1.82, 2.24) is 10.2 Å². The zero-order valence-electron chi connectivity index (χ0n) is 12.2. The van der Waals surface area contributed by atoms with E-state index in [1.807, 2.05) is 0 Å². The highest BCUT2D eigenvalue weighted by molar-refractivity contribution is 5.80. The molecule has 1 heterocycles. The lowest BCUT2D eigenvalue weighted by atomic mass is 9.48. The summed E-state index contributed by atoms with van der Waals surface area (Å²) in [6, 6.07) is 0. The van der Waals surface area contributed by atoms with Gasteiger partial charge in [-0.1, -0.05) is 0 Å². The summed E-state index contributed by atoms with van der Waals surface area (Å²) in [7, 11) is 0. The van der Waals surface area contributed by atoms with E-state index in [9.17, 15) is 9.90 Å². The van der Waals surface area contributed by atoms with Crippen LogP contribution >= 0.6 is 0 Å². The molecule has 0 radical (unpaired) electrons. The Bertz CT molecular complexity index is 373. The van der Waals surface area contributed by atoms with Crippen molar-refractivity contribution >= 4 is 5.97 Å². The molecule has 4 nitrogen and oxygen atoms in total. The van der Waals surface area contributed by atoms with Crippen molar-refractivity contribution in [2.75, 3.05) is 26.2 Å². The first-order chi connectivity index (χ1) is 9.71. The van der Waals surface area contributed by atoms with Gasteiger partial charge in [-0.25, -0.2) is 0 Å². The van der Waals surface area contributed by atoms with Crippen molar-refractivity contribution in [2.45, 2.75) is 44.1 Å². The third-order valence-electron chi connectivity index (χ3n) is 6.59. The van der Waals surface area contributed by atoms with E-state index in [4.69, 9.17) is 0 Å². The van der Waals surface area contributed by atoms with Crippen LogP contribution in [0.1, 0.15) is 38.5 Å². The molecule has 4 heteroatoms. The normalized spacial score (nSPS) is 48.2. The summed E-state index contributed by atoms with van der Waals surface area (Å²) in [4.78, 5) is 14.7. The zero-order valence-corrected chi connectivity index (χ0v) is 12.2. The molecule has 5 aliphatic rings. The number of hydrogen-bond acceptors (Lipinski definition) is 3. The van der Waals surface area contributed by atoms with E-state index >= 15 is 0 Å². The van der Waals surface area contributed by atoms with Gasteiger partial charge in [0, 0.05) is 19.6 Å². The molecule has 5 rings (SSSR count). The molecule has 0 aromatic carbocycles. The van der Waals surface area contributed by atoms with Crippen molar-refractivity contribution in [2.24, 2.45) is 23.7 Å². The van der Waals surface area contributed by atoms with Gasteiger partial charge in [-0.2, -0.15) is 0 Å². The Kier molecular flexibility index (Phi) is 3.08. The Hall–Kier alpha value is -0.610. The Morgan fingerprint density at radius 2 is 1.65 bits per heavy atom. The summed E-state index contributed by atoms with van der Waals surface area (Å²) in [6.45, 7) is 3.85. The highest BCUT2D eigenvalue weighted by Gasteiger charge is 2.63. The fraction of sp³-hybridized carbons (Fsp3) is 0.938. The van der Waals surface area contributed by atoms with Crippen LogP contribution in [0.4, 0.5) is 0 Å². The fourth-order valence-electron chi connectivity index (χ4n) is 6.12. The molecule has 0 spiro atoms. The molecule has 2 N–H and O–H groups in total. The fourth-order valence-corrected chi connectivity index (χ4v) is 6.12. The monoisotopic (exact) mass is 278 g/mol. The molecule has 1 saturated heterocycles. The Morgan fingerprint density at radius 1 is 1.00 bits per heavy atom. The number of hydrogen-bond donors (Lipinski definition) is 2. The van der Waals surface area contributed by atoms with Crippen LogP contribution in [0.15, 0.2) is 0 Å². The van der Waals surface area contributed by atoms with Crippen LogP contribution in [0, 0.1) is 23.7 Å². The van der Waals surface area contributed by atoms with E-state index in [0.29, 0.717) is 11.8 Å². The lowest BCUT2D eigenvalue weighted by Gasteiger charge is -2.62. The minimum Gasteiger partial charge on any atom is -0.480 e. The van der Waals surface area contributed by atoms with Gasteiger partial charge in [-0.05, 0) is 68.7 Å². The van der Waals surface area contributed by atoms with E-state index in [1.54, 1.807) is 0 Å². The van der Waals surface area contributed by atoms with Crippen LogP contribution in [0.25, 0.3) is 0 Å². The number of nitrogens with one attached hydrogen (secondary N) is 1. The van der Waals surface area contributed by atoms with E-state index in [0.717, 1.165) is 44.4 Å². The third-order valence-corrected chi connectivity index (χ3v) is 6.59. The Labute approximate surface area is 120 Å². The van der Waals surface area contributed by atoms with E-state index < -0.39 is 11.5 Å². The van der Waals surface area contributed by atoms with Crippen LogP contribution in [-0.4, -0.2) is 47.7 Å². The first-order valence-corrected chi connectivity index (χ1v) is 8.40. The molecule has 4 bridgehead atoms. The highest BCUT2D eigenvalue weighted by Crippen LogP contribution is 2.60. The molecular weight excluding hydrogens is 252 g/mol. The maximum atomic E-state index is 12.4. The number of carboxylic acids is 1. The minimum absolute atomic E-state index is 0.411. The second-order valence-electron chi connectivity index (χ2n) is 7.53. The molecule has 0 aromatic heterocycles. The summed E-state index contributed by atoms with van der Waals surface area (Å²) in [6.07, 6.45) is 7.14. The molecule has 4 saturated carbocycles. The molecule has 0 unspecified atom stereocenters. The molecule has 0 atom stereocenters. The maximum absolute atomic E-state index is 12.4. The average Bonchev–Trinajstić information content (AvgIpc) is 2.67. The number of nitrogens with zero attached hydrogens (tertiary/aromatic N) is 1. The number of rotatable bonds is 2. The van der Waals surface area contributed by atoms with Gasteiger partial charge >= 0.3 is 5.97 Å². The second-order valence-corrected chi connectivity index (χ2v) is 7.53. The van der Waals surface area contributed by atoms with Gasteiger partial charge in [-0.15, -0.1) is 0 Å². The minimum atomic E-state index is -0.528. The average molecular weight is 278 g/mol. The van der Waals surface area contributed by atoms with Gasteiger partial charge in [-0.3, -0.25) is 9.69 Å². The van der Waals surface area contributed by atoms with Gasteiger partial charge in [0.25, 0.3) is 0 Å². The molecule has 0 amide bonds. The van der Waals surface area contributed by atoms with Gasteiger partial charge in [0.15, 0.2) is 0 Å². The topological polar surface area (TPSA) is 52.6 Å². The summed E-state index contributed by atoms with van der Waals surface area (Å²) in [5, 5.41) is 13.6. The lowest BCUT2D eigenvalue weighted by Crippen LogP contribution is -2.70. The quantitative estimate of drug-likeness (QED) is 0.805. The highest BCUT2D eigenvalue weighted by atomic mass is 16.4. The van der Waals surface area contributed by atoms with Gasteiger partial charge in [0.05, 0.1) is 0 Å². The second kappa shape index (κ2) is 4.70. The van der Waals surface area contributed by atoms with E-state index in [1.165, 1.54) is 32.1 Å². The lowest BCUT2D eigenvalue weighted by molar-refractivity contribution is -0.184. The van der Waals surface area contributed by atoms with E-state index in [2.05, 4.69) is 10.2 Å². The van der Waals surface area contributed by atoms with Crippen molar-refractivity contribution in [3.05, 3.63) is 0 Å². The molecule has 1 aliphatic heterocycles. The standard InChI is InChI=1S/C16H26N2O2/c19-15(20)16(18-4-1-2-17-3-5-18)13-7-11-6-12(9-13)10-14(16)8-11/h11-14,17H,1-10H2,(H,19,20). The summed E-state index contributed by atoms with van der Waals surface area (Å²) >= 11 is 0. The predicted molar refractivity (Wildman–Crippen MR) is 76.5 cm³/mol. The first-order valence-electron chi connectivity index (χ1n) is 8.40. The molecule has 112 valence electrons. The summed E-state index contributed by atoms with van der Waals surface area (Å²) in [5.74, 6) is 1.96. The van der Waals surface area contributed by atoms with Crippen molar-refractivity contribution < 1.29 is 9.90 Å². The molecular formula is C16H26N2O2. The van der Waals surface area contributed by atoms with Crippen LogP contribution in [-0.2, 0) is 4.79 Å². The number of carboxylic acid groups (broad SMARTS) is 1. The SMILES string of the molecule is O=C(O)C1(N2CCCNCC2)C2CC3CC(C2)CC1C3. The molecule has 0 aromatic rings. The van der Waals surface area contributed by atoms with Crippen molar-refractivity contribution in [3.8, 4) is 0 Å². The van der Waals surface area contributed by atoms with Gasteiger partial charge < -0.3 is 10.4 Å².